The fourth-order valence-electron chi connectivity index (χ4n) is 0.501. The van der Waals surface area contributed by atoms with Crippen molar-refractivity contribution in [1.82, 2.24) is 5.32 Å². The van der Waals surface area contributed by atoms with Crippen molar-refractivity contribution >= 4 is 0 Å². The van der Waals surface area contributed by atoms with Crippen molar-refractivity contribution in [1.29, 1.82) is 0 Å². The van der Waals surface area contributed by atoms with E-state index in [1.54, 1.807) is 13.8 Å². The van der Waals surface area contributed by atoms with E-state index in [0.717, 1.165) is 0 Å². The van der Waals surface area contributed by atoms with Gasteiger partial charge in [-0.25, -0.2) is 0 Å². The van der Waals surface area contributed by atoms with Gasteiger partial charge in [0, 0.05) is 13.1 Å². The molecule has 0 bridgehead atoms. The maximum atomic E-state index is 8.72. The molecule has 0 aliphatic heterocycles. The zero-order valence-corrected chi connectivity index (χ0v) is 6.96. The summed E-state index contributed by atoms with van der Waals surface area (Å²) in [5.41, 5.74) is 0. The van der Waals surface area contributed by atoms with Crippen molar-refractivity contribution < 1.29 is 30.5 Å². The molecule has 0 aromatic rings. The van der Waals surface area contributed by atoms with E-state index >= 15 is 0 Å². The van der Waals surface area contributed by atoms with Crippen molar-refractivity contribution in [3.63, 3.8) is 0 Å². The summed E-state index contributed by atoms with van der Waals surface area (Å²) in [6.45, 7) is 4.50. The Balaban J connectivity index is -0.000000320. The molecule has 58 valence electrons. The molecule has 0 heterocycles. The molecule has 3 N–H and O–H groups in total. The van der Waals surface area contributed by atoms with Crippen LogP contribution in [0.15, 0.2) is 0 Å². The molecule has 0 saturated carbocycles. The van der Waals surface area contributed by atoms with Gasteiger partial charge in [0.15, 0.2) is 0 Å². The van der Waals surface area contributed by atoms with Gasteiger partial charge in [-0.05, 0) is 13.8 Å². The van der Waals surface area contributed by atoms with Crippen LogP contribution < -0.4 is 24.2 Å². The average molecular weight is 141 g/mol. The fraction of sp³-hybridized carbons (Fsp3) is 1.00. The Bertz CT molecular complexity index is 65.6. The molecule has 0 aromatic heterocycles. The van der Waals surface area contributed by atoms with Crippen LogP contribution in [-0.2, 0) is 0 Å². The third kappa shape index (κ3) is 11.3. The Hall–Kier alpha value is 0.477. The van der Waals surface area contributed by atoms with E-state index in [4.69, 9.17) is 10.2 Å². The van der Waals surface area contributed by atoms with E-state index < -0.39 is 0 Å². The molecule has 0 aliphatic rings. The van der Waals surface area contributed by atoms with Gasteiger partial charge in [-0.1, -0.05) is 0 Å². The molecule has 0 rings (SSSR count). The Morgan fingerprint density at radius 3 is 1.70 bits per heavy atom. The summed E-state index contributed by atoms with van der Waals surface area (Å²) in [6, 6.07) is 0. The minimum absolute atomic E-state index is 0. The second-order valence-corrected chi connectivity index (χ2v) is 2.36. The van der Waals surface area contributed by atoms with Gasteiger partial charge in [-0.3, -0.25) is 0 Å². The van der Waals surface area contributed by atoms with Gasteiger partial charge < -0.3 is 17.0 Å². The average Bonchev–Trinajstić information content (AvgIpc) is 1.63. The predicted octanol–water partition coefficient (Wildman–Crippen LogP) is -3.55. The van der Waals surface area contributed by atoms with Crippen LogP contribution in [0.25, 0.3) is 0 Å². The van der Waals surface area contributed by atoms with Gasteiger partial charge in [0.05, 0.1) is 12.2 Å². The summed E-state index contributed by atoms with van der Waals surface area (Å²) in [5.74, 6) is 0. The summed E-state index contributed by atoms with van der Waals surface area (Å²) in [5, 5.41) is 20.3. The molecule has 2 atom stereocenters. The van der Waals surface area contributed by atoms with E-state index in [1.165, 1.54) is 0 Å². The Labute approximate surface area is 75.5 Å². The minimum atomic E-state index is -0.330. The van der Waals surface area contributed by atoms with Crippen molar-refractivity contribution in [3.8, 4) is 0 Å². The normalized spacial score (nSPS) is 15.6. The van der Waals surface area contributed by atoms with Gasteiger partial charge in [-0.15, -0.1) is 0 Å². The molecule has 0 aliphatic carbocycles. The molecule has 0 radical (unpaired) electrons. The van der Waals surface area contributed by atoms with Crippen LogP contribution in [0.1, 0.15) is 15.3 Å². The molecule has 0 amide bonds. The molecule has 2 unspecified atom stereocenters. The first kappa shape index (κ1) is 13.1. The second kappa shape index (κ2) is 7.58. The molecule has 4 heteroatoms. The van der Waals surface area contributed by atoms with Gasteiger partial charge in [0.25, 0.3) is 0 Å². The molecule has 10 heavy (non-hydrogen) atoms. The largest absolute Gasteiger partial charge is 1.00 e. The summed E-state index contributed by atoms with van der Waals surface area (Å²) in [4.78, 5) is 0. The Morgan fingerprint density at radius 2 is 1.50 bits per heavy atom. The molecule has 0 saturated heterocycles. The topological polar surface area (TPSA) is 52.5 Å². The maximum Gasteiger partial charge on any atom is 1.00 e. The van der Waals surface area contributed by atoms with Gasteiger partial charge in [-0.2, -0.15) is 0 Å². The molecular weight excluding hydrogens is 125 g/mol. The molecular formula is C6H16LiNO2. The Morgan fingerprint density at radius 1 is 1.20 bits per heavy atom. The smallest absolute Gasteiger partial charge is 1.00 e. The number of aliphatic hydroxyl groups excluding tert-OH is 2. The zero-order chi connectivity index (χ0) is 7.28. The standard InChI is InChI=1S/C6H15NO2.Li.H/c1-5(8)3-7-4-6(2)9;;/h5-9H,3-4H2,1-2H3;;/q;+1;-1. The number of hydrogen-bond acceptors (Lipinski definition) is 3. The number of rotatable bonds is 4. The summed E-state index contributed by atoms with van der Waals surface area (Å²) in [6.07, 6.45) is -0.660. The van der Waals surface area contributed by atoms with Crippen LogP contribution in [0.4, 0.5) is 0 Å². The minimum Gasteiger partial charge on any atom is -1.00 e. The number of nitrogens with one attached hydrogen (secondary N) is 1. The van der Waals surface area contributed by atoms with Gasteiger partial charge >= 0.3 is 18.9 Å². The summed E-state index contributed by atoms with van der Waals surface area (Å²) < 4.78 is 0. The van der Waals surface area contributed by atoms with Crippen LogP contribution in [-0.4, -0.2) is 35.5 Å². The SMILES string of the molecule is CC(O)CNCC(C)O.[H-].[Li+]. The van der Waals surface area contributed by atoms with E-state index in [0.29, 0.717) is 13.1 Å². The molecule has 3 nitrogen and oxygen atoms in total. The van der Waals surface area contributed by atoms with E-state index in [9.17, 15) is 0 Å². The monoisotopic (exact) mass is 141 g/mol. The Kier molecular flexibility index (Phi) is 9.93. The van der Waals surface area contributed by atoms with E-state index in [1.807, 2.05) is 0 Å². The van der Waals surface area contributed by atoms with Crippen LogP contribution in [0.2, 0.25) is 0 Å². The van der Waals surface area contributed by atoms with Crippen LogP contribution >= 0.6 is 0 Å². The van der Waals surface area contributed by atoms with Crippen molar-refractivity contribution in [2.24, 2.45) is 0 Å². The summed E-state index contributed by atoms with van der Waals surface area (Å²) in [7, 11) is 0. The summed E-state index contributed by atoms with van der Waals surface area (Å²) >= 11 is 0. The molecule has 0 aromatic carbocycles. The zero-order valence-electron chi connectivity index (χ0n) is 7.96. The molecule has 0 spiro atoms. The first-order valence-electron chi connectivity index (χ1n) is 3.19. The van der Waals surface area contributed by atoms with E-state index in [-0.39, 0.29) is 32.5 Å². The van der Waals surface area contributed by atoms with Crippen LogP contribution in [0, 0.1) is 0 Å². The van der Waals surface area contributed by atoms with E-state index in [2.05, 4.69) is 5.32 Å². The predicted molar refractivity (Wildman–Crippen MR) is 37.3 cm³/mol. The first-order valence-corrected chi connectivity index (χ1v) is 3.19. The van der Waals surface area contributed by atoms with Crippen molar-refractivity contribution in [2.45, 2.75) is 26.1 Å². The number of hydrogen-bond donors (Lipinski definition) is 3. The third-order valence-corrected chi connectivity index (χ3v) is 0.879. The van der Waals surface area contributed by atoms with Gasteiger partial charge in [0.2, 0.25) is 0 Å². The van der Waals surface area contributed by atoms with Crippen LogP contribution in [0.5, 0.6) is 0 Å². The van der Waals surface area contributed by atoms with Gasteiger partial charge in [0.1, 0.15) is 0 Å². The maximum absolute atomic E-state index is 8.72. The number of aliphatic hydroxyl groups is 2. The molecule has 0 fully saturated rings. The van der Waals surface area contributed by atoms with Crippen molar-refractivity contribution in [2.75, 3.05) is 13.1 Å². The van der Waals surface area contributed by atoms with Crippen LogP contribution in [0.3, 0.4) is 0 Å². The first-order chi connectivity index (χ1) is 4.13. The quantitative estimate of drug-likeness (QED) is 0.355. The van der Waals surface area contributed by atoms with Crippen molar-refractivity contribution in [3.05, 3.63) is 0 Å². The fourth-order valence-corrected chi connectivity index (χ4v) is 0.501. The third-order valence-electron chi connectivity index (χ3n) is 0.879. The second-order valence-electron chi connectivity index (χ2n) is 2.36.